The Bertz CT molecular complexity index is 1180. The topological polar surface area (TPSA) is 90.7 Å². The zero-order chi connectivity index (χ0) is 19.8. The summed E-state index contributed by atoms with van der Waals surface area (Å²) in [5.41, 5.74) is 9.77. The maximum absolute atomic E-state index is 6.34. The van der Waals surface area contributed by atoms with E-state index in [1.54, 1.807) is 11.3 Å². The number of benzene rings is 1. The lowest BCUT2D eigenvalue weighted by Gasteiger charge is -2.03. The first kappa shape index (κ1) is 18.6. The zero-order valence-corrected chi connectivity index (χ0v) is 17.8. The van der Waals surface area contributed by atoms with E-state index in [4.69, 9.17) is 15.1 Å². The zero-order valence-electron chi connectivity index (χ0n) is 16.1. The molecule has 0 fully saturated rings. The second kappa shape index (κ2) is 7.76. The first-order valence-electron chi connectivity index (χ1n) is 9.78. The highest BCUT2D eigenvalue weighted by Crippen LogP contribution is 2.37. The Hall–Kier alpha value is -2.45. The van der Waals surface area contributed by atoms with E-state index in [1.165, 1.54) is 41.5 Å². The predicted molar refractivity (Wildman–Crippen MR) is 117 cm³/mol. The molecule has 6 nitrogen and oxygen atoms in total. The molecule has 3 aromatic heterocycles. The molecule has 1 aromatic carbocycles. The fraction of sp³-hybridized carbons (Fsp3) is 0.333. The average molecular weight is 424 g/mol. The highest BCUT2D eigenvalue weighted by molar-refractivity contribution is 7.98. The van der Waals surface area contributed by atoms with Crippen molar-refractivity contribution >= 4 is 39.1 Å². The van der Waals surface area contributed by atoms with Gasteiger partial charge in [0.1, 0.15) is 16.5 Å². The first-order chi connectivity index (χ1) is 14.2. The van der Waals surface area contributed by atoms with Crippen LogP contribution in [0, 0.1) is 6.92 Å². The van der Waals surface area contributed by atoms with Crippen LogP contribution in [0.1, 0.15) is 41.1 Å². The van der Waals surface area contributed by atoms with Gasteiger partial charge < -0.3 is 10.2 Å². The fourth-order valence-electron chi connectivity index (χ4n) is 3.79. The monoisotopic (exact) mass is 423 g/mol. The molecule has 1 aliphatic rings. The molecule has 0 bridgehead atoms. The number of nitrogen functional groups attached to an aromatic ring is 1. The van der Waals surface area contributed by atoms with E-state index < -0.39 is 0 Å². The molecule has 0 amide bonds. The van der Waals surface area contributed by atoms with Gasteiger partial charge >= 0.3 is 0 Å². The Morgan fingerprint density at radius 2 is 1.97 bits per heavy atom. The Kier molecular flexibility index (Phi) is 4.97. The number of aromatic nitrogens is 4. The van der Waals surface area contributed by atoms with Gasteiger partial charge in [-0.1, -0.05) is 36.4 Å². The maximum Gasteiger partial charge on any atom is 0.277 e. The van der Waals surface area contributed by atoms with Gasteiger partial charge in [0.05, 0.1) is 11.1 Å². The van der Waals surface area contributed by atoms with Crippen LogP contribution < -0.4 is 5.73 Å². The first-order valence-corrected chi connectivity index (χ1v) is 11.6. The van der Waals surface area contributed by atoms with Crippen LogP contribution in [-0.2, 0) is 18.6 Å². The van der Waals surface area contributed by atoms with Gasteiger partial charge in [0.15, 0.2) is 0 Å². The normalized spacial score (nSPS) is 14.1. The molecular formula is C21H21N5OS2. The minimum absolute atomic E-state index is 0.507. The van der Waals surface area contributed by atoms with E-state index in [2.05, 4.69) is 15.2 Å². The Morgan fingerprint density at radius 3 is 2.86 bits per heavy atom. The molecule has 0 saturated carbocycles. The van der Waals surface area contributed by atoms with Crippen LogP contribution in [0.3, 0.4) is 0 Å². The van der Waals surface area contributed by atoms with Gasteiger partial charge in [-0.25, -0.2) is 9.97 Å². The fourth-order valence-corrected chi connectivity index (χ4v) is 5.70. The lowest BCUT2D eigenvalue weighted by Crippen LogP contribution is -2.00. The number of nitrogens with zero attached hydrogens (tertiary/aromatic N) is 4. The van der Waals surface area contributed by atoms with Crippen molar-refractivity contribution in [2.75, 3.05) is 5.73 Å². The van der Waals surface area contributed by atoms with Gasteiger partial charge in [0.2, 0.25) is 5.89 Å². The largest absolute Gasteiger partial charge is 0.411 e. The summed E-state index contributed by atoms with van der Waals surface area (Å²) in [6, 6.07) is 7.97. The molecule has 29 heavy (non-hydrogen) atoms. The summed E-state index contributed by atoms with van der Waals surface area (Å²) in [5, 5.41) is 9.91. The Labute approximate surface area is 177 Å². The molecule has 1 aliphatic carbocycles. The molecule has 0 aliphatic heterocycles. The number of aryl methyl sites for hydroxylation is 3. The number of anilines is 1. The van der Waals surface area contributed by atoms with Gasteiger partial charge in [-0.2, -0.15) is 0 Å². The summed E-state index contributed by atoms with van der Waals surface area (Å²) in [4.78, 5) is 11.8. The predicted octanol–water partition coefficient (Wildman–Crippen LogP) is 5.19. The molecular weight excluding hydrogens is 402 g/mol. The molecule has 5 rings (SSSR count). The van der Waals surface area contributed by atoms with Crippen LogP contribution >= 0.6 is 23.1 Å². The second-order valence-corrected chi connectivity index (χ2v) is 9.26. The molecule has 0 radical (unpaired) electrons. The molecule has 0 atom stereocenters. The van der Waals surface area contributed by atoms with Crippen LogP contribution in [-0.4, -0.2) is 20.2 Å². The van der Waals surface area contributed by atoms with E-state index in [1.807, 2.05) is 31.2 Å². The molecule has 0 spiro atoms. The van der Waals surface area contributed by atoms with Crippen LogP contribution in [0.4, 0.5) is 5.82 Å². The van der Waals surface area contributed by atoms with Crippen LogP contribution in [0.2, 0.25) is 0 Å². The number of thiophene rings is 1. The van der Waals surface area contributed by atoms with E-state index >= 15 is 0 Å². The van der Waals surface area contributed by atoms with Crippen LogP contribution in [0.15, 0.2) is 33.9 Å². The van der Waals surface area contributed by atoms with Crippen LogP contribution in [0.5, 0.6) is 0 Å². The molecule has 3 heterocycles. The van der Waals surface area contributed by atoms with Crippen molar-refractivity contribution in [2.24, 2.45) is 0 Å². The van der Waals surface area contributed by atoms with Gasteiger partial charge in [-0.15, -0.1) is 21.5 Å². The van der Waals surface area contributed by atoms with E-state index in [-0.39, 0.29) is 0 Å². The molecule has 148 valence electrons. The van der Waals surface area contributed by atoms with Crippen LogP contribution in [0.25, 0.3) is 21.7 Å². The minimum atomic E-state index is 0.507. The number of hydrogen-bond donors (Lipinski definition) is 1. The van der Waals surface area contributed by atoms with Crippen molar-refractivity contribution in [2.45, 2.75) is 50.0 Å². The second-order valence-electron chi connectivity index (χ2n) is 7.25. The Morgan fingerprint density at radius 1 is 1.10 bits per heavy atom. The quantitative estimate of drug-likeness (QED) is 0.356. The average Bonchev–Trinajstić information content (AvgIpc) is 3.25. The number of nitrogens with two attached hydrogens (primary N) is 1. The van der Waals surface area contributed by atoms with Gasteiger partial charge in [-0.3, -0.25) is 0 Å². The summed E-state index contributed by atoms with van der Waals surface area (Å²) < 4.78 is 5.83. The summed E-state index contributed by atoms with van der Waals surface area (Å²) >= 11 is 3.21. The van der Waals surface area contributed by atoms with Gasteiger partial charge in [0, 0.05) is 10.4 Å². The number of rotatable bonds is 4. The summed E-state index contributed by atoms with van der Waals surface area (Å²) in [6.45, 7) is 2.03. The number of fused-ring (bicyclic) bond motifs is 3. The van der Waals surface area contributed by atoms with E-state index in [0.29, 0.717) is 28.5 Å². The third-order valence-corrected chi connectivity index (χ3v) is 7.25. The molecule has 2 N–H and O–H groups in total. The van der Waals surface area contributed by atoms with E-state index in [9.17, 15) is 0 Å². The molecule has 0 saturated heterocycles. The molecule has 8 heteroatoms. The smallest absolute Gasteiger partial charge is 0.277 e. The number of thioether (sulfide) groups is 1. The summed E-state index contributed by atoms with van der Waals surface area (Å²) in [5.74, 6) is 2.37. The van der Waals surface area contributed by atoms with Crippen molar-refractivity contribution in [1.29, 1.82) is 0 Å². The highest BCUT2D eigenvalue weighted by atomic mass is 32.2. The van der Waals surface area contributed by atoms with Gasteiger partial charge in [0.25, 0.3) is 5.22 Å². The van der Waals surface area contributed by atoms with Gasteiger partial charge in [-0.05, 0) is 49.8 Å². The number of hydrogen-bond acceptors (Lipinski definition) is 8. The Balaban J connectivity index is 1.37. The van der Waals surface area contributed by atoms with Crippen molar-refractivity contribution in [1.82, 2.24) is 20.2 Å². The standard InChI is InChI=1S/C21H21N5OS2/c1-12-7-5-6-8-13(12)19-25-26-21(27-19)28-11-16-23-18(22)17-14-9-3-2-4-10-15(14)29-20(17)24-16/h5-8H,2-4,9-11H2,1H3,(H2,22,23,24). The molecule has 0 unspecified atom stereocenters. The summed E-state index contributed by atoms with van der Waals surface area (Å²) in [6.07, 6.45) is 5.96. The van der Waals surface area contributed by atoms with Crippen molar-refractivity contribution < 1.29 is 4.42 Å². The van der Waals surface area contributed by atoms with Crippen molar-refractivity contribution in [3.63, 3.8) is 0 Å². The lowest BCUT2D eigenvalue weighted by atomic mass is 10.1. The third kappa shape index (κ3) is 3.62. The van der Waals surface area contributed by atoms with E-state index in [0.717, 1.165) is 34.2 Å². The molecule has 4 aromatic rings. The third-order valence-electron chi connectivity index (χ3n) is 5.25. The summed E-state index contributed by atoms with van der Waals surface area (Å²) in [7, 11) is 0. The van der Waals surface area contributed by atoms with Crippen molar-refractivity contribution in [3.8, 4) is 11.5 Å². The van der Waals surface area contributed by atoms with Crippen molar-refractivity contribution in [3.05, 3.63) is 46.1 Å². The maximum atomic E-state index is 6.34. The SMILES string of the molecule is Cc1ccccc1-c1nnc(SCc2nc(N)c3c4c(sc3n2)CCCCC4)o1. The highest BCUT2D eigenvalue weighted by Gasteiger charge is 2.19. The lowest BCUT2D eigenvalue weighted by molar-refractivity contribution is 0.465. The minimum Gasteiger partial charge on any atom is -0.411 e.